The minimum atomic E-state index is -0.381. The molecule has 8 nitrogen and oxygen atoms in total. The maximum atomic E-state index is 11.9. The van der Waals surface area contributed by atoms with Gasteiger partial charge in [-0.2, -0.15) is 5.10 Å². The van der Waals surface area contributed by atoms with Crippen molar-refractivity contribution in [1.82, 2.24) is 9.78 Å². The van der Waals surface area contributed by atoms with E-state index in [0.29, 0.717) is 31.2 Å². The van der Waals surface area contributed by atoms with Crippen LogP contribution >= 0.6 is 0 Å². The summed E-state index contributed by atoms with van der Waals surface area (Å²) < 4.78 is 18.0. The smallest absolute Gasteiger partial charge is 0.306 e. The predicted octanol–water partition coefficient (Wildman–Crippen LogP) is 2.00. The normalized spacial score (nSPS) is 15.3. The lowest BCUT2D eigenvalue weighted by atomic mass is 10.2. The molecule has 0 spiro atoms. The molecule has 0 bridgehead atoms. The number of benzene rings is 1. The second-order valence-corrected chi connectivity index (χ2v) is 5.80. The first-order valence-corrected chi connectivity index (χ1v) is 8.50. The number of nitrogens with zero attached hydrogens (tertiary/aromatic N) is 2. The third-order valence-electron chi connectivity index (χ3n) is 3.74. The summed E-state index contributed by atoms with van der Waals surface area (Å²) in [7, 11) is 0. The largest absolute Gasteiger partial charge is 0.486 e. The zero-order valence-corrected chi connectivity index (χ0v) is 14.5. The summed E-state index contributed by atoms with van der Waals surface area (Å²) in [6.07, 6.45) is 3.23. The minimum absolute atomic E-state index is 0.0560. The van der Waals surface area contributed by atoms with Gasteiger partial charge in [0.1, 0.15) is 6.61 Å². The summed E-state index contributed by atoms with van der Waals surface area (Å²) in [6, 6.07) is 7.51. The third kappa shape index (κ3) is 4.75. The zero-order chi connectivity index (χ0) is 18.4. The van der Waals surface area contributed by atoms with Gasteiger partial charge in [-0.15, -0.1) is 0 Å². The van der Waals surface area contributed by atoms with Crippen LogP contribution in [0.15, 0.2) is 36.7 Å². The fraction of sp³-hybridized carbons (Fsp3) is 0.389. The molecule has 0 saturated carbocycles. The number of anilines is 1. The summed E-state index contributed by atoms with van der Waals surface area (Å²) in [5.41, 5.74) is 0.566. The van der Waals surface area contributed by atoms with E-state index in [1.165, 1.54) is 0 Å². The highest BCUT2D eigenvalue weighted by molar-refractivity contribution is 5.92. The molecule has 26 heavy (non-hydrogen) atoms. The fourth-order valence-corrected chi connectivity index (χ4v) is 2.56. The van der Waals surface area contributed by atoms with Gasteiger partial charge in [-0.25, -0.2) is 0 Å². The maximum Gasteiger partial charge on any atom is 0.306 e. The van der Waals surface area contributed by atoms with E-state index in [9.17, 15) is 9.59 Å². The summed E-state index contributed by atoms with van der Waals surface area (Å²) in [6.45, 7) is 2.96. The number of nitrogens with one attached hydrogen (secondary N) is 1. The van der Waals surface area contributed by atoms with Crippen LogP contribution in [0.5, 0.6) is 11.5 Å². The SMILES string of the molecule is CCOC(=O)CCC(=O)Nc1cnn(C[C@H]2COc3ccccc3O2)c1. The number of para-hydroxylation sites is 2. The number of aromatic nitrogens is 2. The summed E-state index contributed by atoms with van der Waals surface area (Å²) in [5.74, 6) is 0.805. The van der Waals surface area contributed by atoms with E-state index in [1.54, 1.807) is 24.0 Å². The summed E-state index contributed by atoms with van der Waals surface area (Å²) in [5, 5.41) is 6.93. The molecule has 1 aromatic carbocycles. The number of carbonyl (C=O) groups excluding carboxylic acids is 2. The van der Waals surface area contributed by atoms with Crippen LogP contribution in [-0.2, 0) is 20.9 Å². The van der Waals surface area contributed by atoms with Crippen LogP contribution < -0.4 is 14.8 Å². The van der Waals surface area contributed by atoms with Gasteiger partial charge in [0.05, 0.1) is 31.5 Å². The monoisotopic (exact) mass is 359 g/mol. The van der Waals surface area contributed by atoms with E-state index < -0.39 is 0 Å². The average Bonchev–Trinajstić information content (AvgIpc) is 3.07. The topological polar surface area (TPSA) is 91.7 Å². The molecule has 8 heteroatoms. The highest BCUT2D eigenvalue weighted by atomic mass is 16.6. The van der Waals surface area contributed by atoms with Gasteiger partial charge < -0.3 is 19.5 Å². The standard InChI is InChI=1S/C18H21N3O5/c1-2-24-18(23)8-7-17(22)20-13-9-19-21(10-13)11-14-12-25-15-5-3-4-6-16(15)26-14/h3-6,9-10,14H,2,7-8,11-12H2,1H3,(H,20,22)/t14-/m0/s1. The molecule has 0 aliphatic carbocycles. The molecule has 1 aromatic heterocycles. The molecule has 1 amide bonds. The number of rotatable bonds is 7. The van der Waals surface area contributed by atoms with Gasteiger partial charge >= 0.3 is 5.97 Å². The number of esters is 1. The van der Waals surface area contributed by atoms with Gasteiger partial charge in [-0.3, -0.25) is 14.3 Å². The molecule has 1 aliphatic heterocycles. The molecule has 1 N–H and O–H groups in total. The molecular weight excluding hydrogens is 338 g/mol. The molecular formula is C18H21N3O5. The minimum Gasteiger partial charge on any atom is -0.486 e. The van der Waals surface area contributed by atoms with Crippen molar-refractivity contribution in [2.75, 3.05) is 18.5 Å². The van der Waals surface area contributed by atoms with Crippen LogP contribution in [-0.4, -0.2) is 41.0 Å². The Kier molecular flexibility index (Phi) is 5.73. The molecule has 0 fully saturated rings. The van der Waals surface area contributed by atoms with E-state index in [4.69, 9.17) is 14.2 Å². The van der Waals surface area contributed by atoms with Gasteiger partial charge in [0.25, 0.3) is 0 Å². The molecule has 2 aromatic rings. The predicted molar refractivity (Wildman–Crippen MR) is 93.1 cm³/mol. The quantitative estimate of drug-likeness (QED) is 0.761. The second-order valence-electron chi connectivity index (χ2n) is 5.80. The Balaban J connectivity index is 1.48. The van der Waals surface area contributed by atoms with Crippen molar-refractivity contribution in [2.45, 2.75) is 32.4 Å². The van der Waals surface area contributed by atoms with Crippen molar-refractivity contribution in [3.63, 3.8) is 0 Å². The molecule has 0 unspecified atom stereocenters. The van der Waals surface area contributed by atoms with Gasteiger partial charge in [-0.05, 0) is 19.1 Å². The number of hydrogen-bond donors (Lipinski definition) is 1. The molecule has 0 saturated heterocycles. The Hall–Kier alpha value is -3.03. The lowest BCUT2D eigenvalue weighted by molar-refractivity contribution is -0.144. The van der Waals surface area contributed by atoms with Gasteiger partial charge in [0.2, 0.25) is 5.91 Å². The van der Waals surface area contributed by atoms with E-state index >= 15 is 0 Å². The summed E-state index contributed by atoms with van der Waals surface area (Å²) in [4.78, 5) is 23.1. The van der Waals surface area contributed by atoms with Gasteiger partial charge in [0, 0.05) is 12.6 Å². The lowest BCUT2D eigenvalue weighted by Gasteiger charge is -2.26. The summed E-state index contributed by atoms with van der Waals surface area (Å²) >= 11 is 0. The van der Waals surface area contributed by atoms with Crippen molar-refractivity contribution < 1.29 is 23.8 Å². The van der Waals surface area contributed by atoms with Gasteiger partial charge in [0.15, 0.2) is 17.6 Å². The van der Waals surface area contributed by atoms with Gasteiger partial charge in [-0.1, -0.05) is 12.1 Å². The number of fused-ring (bicyclic) bond motifs is 1. The number of ether oxygens (including phenoxy) is 3. The first-order chi connectivity index (χ1) is 12.6. The first-order valence-electron chi connectivity index (χ1n) is 8.50. The Labute approximate surface area is 151 Å². The lowest BCUT2D eigenvalue weighted by Crippen LogP contribution is -2.33. The van der Waals surface area contributed by atoms with Crippen LogP contribution in [0.25, 0.3) is 0 Å². The van der Waals surface area contributed by atoms with E-state index in [0.717, 1.165) is 5.75 Å². The Morgan fingerprint density at radius 3 is 2.92 bits per heavy atom. The van der Waals surface area contributed by atoms with Crippen LogP contribution in [0.2, 0.25) is 0 Å². The molecule has 1 atom stereocenters. The number of amides is 1. The molecule has 3 rings (SSSR count). The van der Waals surface area contributed by atoms with Crippen LogP contribution in [0.1, 0.15) is 19.8 Å². The van der Waals surface area contributed by atoms with Crippen LogP contribution in [0, 0.1) is 0 Å². The van der Waals surface area contributed by atoms with Crippen LogP contribution in [0.3, 0.4) is 0 Å². The van der Waals surface area contributed by atoms with E-state index in [-0.39, 0.29) is 30.8 Å². The van der Waals surface area contributed by atoms with E-state index in [1.807, 2.05) is 24.3 Å². The van der Waals surface area contributed by atoms with Crippen molar-refractivity contribution in [1.29, 1.82) is 0 Å². The molecule has 138 valence electrons. The van der Waals surface area contributed by atoms with Crippen molar-refractivity contribution >= 4 is 17.6 Å². The highest BCUT2D eigenvalue weighted by Gasteiger charge is 2.21. The fourth-order valence-electron chi connectivity index (χ4n) is 2.56. The third-order valence-corrected chi connectivity index (χ3v) is 3.74. The molecule has 0 radical (unpaired) electrons. The van der Waals surface area contributed by atoms with Crippen molar-refractivity contribution in [3.05, 3.63) is 36.7 Å². The Bertz CT molecular complexity index is 774. The van der Waals surface area contributed by atoms with Crippen molar-refractivity contribution in [2.24, 2.45) is 0 Å². The van der Waals surface area contributed by atoms with E-state index in [2.05, 4.69) is 10.4 Å². The number of hydrogen-bond acceptors (Lipinski definition) is 6. The highest BCUT2D eigenvalue weighted by Crippen LogP contribution is 2.31. The average molecular weight is 359 g/mol. The maximum absolute atomic E-state index is 11.9. The Morgan fingerprint density at radius 2 is 2.12 bits per heavy atom. The number of carbonyl (C=O) groups is 2. The zero-order valence-electron chi connectivity index (χ0n) is 14.5. The first kappa shape index (κ1) is 17.8. The van der Waals surface area contributed by atoms with Crippen molar-refractivity contribution in [3.8, 4) is 11.5 Å². The van der Waals surface area contributed by atoms with Crippen LogP contribution in [0.4, 0.5) is 5.69 Å². The second kappa shape index (κ2) is 8.37. The Morgan fingerprint density at radius 1 is 1.31 bits per heavy atom. The molecule has 2 heterocycles. The molecule has 1 aliphatic rings.